The third-order valence-corrected chi connectivity index (χ3v) is 3.93. The fraction of sp³-hybridized carbons (Fsp3) is 0.600. The molecule has 0 radical (unpaired) electrons. The van der Waals surface area contributed by atoms with Crippen LogP contribution in [0.15, 0.2) is 12.1 Å². The zero-order chi connectivity index (χ0) is 17.1. The van der Waals surface area contributed by atoms with E-state index < -0.39 is 37.1 Å². The predicted octanol–water partition coefficient (Wildman–Crippen LogP) is -0.773. The van der Waals surface area contributed by atoms with E-state index in [-0.39, 0.29) is 0 Å². The summed E-state index contributed by atoms with van der Waals surface area (Å²) in [5, 5.41) is 39.4. The van der Waals surface area contributed by atoms with Crippen molar-refractivity contribution in [3.8, 4) is 17.2 Å². The van der Waals surface area contributed by atoms with Gasteiger partial charge in [0, 0.05) is 12.1 Å². The minimum absolute atomic E-state index is 0.325. The number of ether oxygens (including phenoxy) is 4. The van der Waals surface area contributed by atoms with Crippen LogP contribution in [0.25, 0.3) is 0 Å². The third-order valence-electron chi connectivity index (χ3n) is 3.93. The molecule has 1 aromatic carbocycles. The monoisotopic (exact) mass is 330 g/mol. The van der Waals surface area contributed by atoms with Crippen molar-refractivity contribution in [1.82, 2.24) is 0 Å². The van der Waals surface area contributed by atoms with Crippen molar-refractivity contribution >= 4 is 0 Å². The number of hydrogen-bond acceptors (Lipinski definition) is 8. The summed E-state index contributed by atoms with van der Waals surface area (Å²) >= 11 is 0. The van der Waals surface area contributed by atoms with E-state index in [2.05, 4.69) is 0 Å². The summed E-state index contributed by atoms with van der Waals surface area (Å²) in [5.41, 5.74) is 0.354. The first kappa shape index (κ1) is 17.8. The predicted molar refractivity (Wildman–Crippen MR) is 78.8 cm³/mol. The second kappa shape index (κ2) is 7.33. The summed E-state index contributed by atoms with van der Waals surface area (Å²) in [6.45, 7) is -0.512. The van der Waals surface area contributed by atoms with Gasteiger partial charge in [-0.3, -0.25) is 0 Å². The van der Waals surface area contributed by atoms with Crippen LogP contribution in [0.5, 0.6) is 17.2 Å². The highest BCUT2D eigenvalue weighted by molar-refractivity contribution is 5.52. The van der Waals surface area contributed by atoms with Gasteiger partial charge in [-0.1, -0.05) is 0 Å². The van der Waals surface area contributed by atoms with Gasteiger partial charge in [-0.2, -0.15) is 0 Å². The van der Waals surface area contributed by atoms with Crippen molar-refractivity contribution < 1.29 is 39.4 Å². The van der Waals surface area contributed by atoms with Crippen LogP contribution >= 0.6 is 0 Å². The summed E-state index contributed by atoms with van der Waals surface area (Å²) in [7, 11) is 4.35. The van der Waals surface area contributed by atoms with Crippen LogP contribution < -0.4 is 14.2 Å². The SMILES string of the molecule is COc1cc(OC)c([C@@H]2O[C@H](CO)[C@@H](O)[C@H](O)[C@H]2O)c(OC)c1. The van der Waals surface area contributed by atoms with Crippen molar-refractivity contribution in [2.75, 3.05) is 27.9 Å². The van der Waals surface area contributed by atoms with E-state index in [0.29, 0.717) is 22.8 Å². The molecule has 4 N–H and O–H groups in total. The lowest BCUT2D eigenvalue weighted by Gasteiger charge is -2.40. The number of hydrogen-bond donors (Lipinski definition) is 4. The van der Waals surface area contributed by atoms with Crippen LogP contribution in [0.3, 0.4) is 0 Å². The quantitative estimate of drug-likeness (QED) is 0.556. The molecule has 0 aromatic heterocycles. The molecule has 8 heteroatoms. The smallest absolute Gasteiger partial charge is 0.132 e. The summed E-state index contributed by atoms with van der Waals surface area (Å²) in [4.78, 5) is 0. The molecule has 0 spiro atoms. The van der Waals surface area contributed by atoms with Gasteiger partial charge in [-0.05, 0) is 0 Å². The Morgan fingerprint density at radius 3 is 1.91 bits per heavy atom. The highest BCUT2D eigenvalue weighted by Gasteiger charge is 2.46. The Morgan fingerprint density at radius 2 is 1.48 bits per heavy atom. The first-order valence-electron chi connectivity index (χ1n) is 7.08. The Balaban J connectivity index is 2.50. The largest absolute Gasteiger partial charge is 0.496 e. The topological polar surface area (TPSA) is 118 Å². The molecule has 1 aliphatic heterocycles. The number of aliphatic hydroxyl groups is 4. The fourth-order valence-electron chi connectivity index (χ4n) is 2.65. The zero-order valence-electron chi connectivity index (χ0n) is 13.2. The normalized spacial score (nSPS) is 30.8. The Labute approximate surface area is 133 Å². The number of aliphatic hydroxyl groups excluding tert-OH is 4. The number of methoxy groups -OCH3 is 3. The number of benzene rings is 1. The molecule has 1 saturated heterocycles. The molecular weight excluding hydrogens is 308 g/mol. The van der Waals surface area contributed by atoms with Crippen molar-refractivity contribution in [3.05, 3.63) is 17.7 Å². The summed E-state index contributed by atoms with van der Waals surface area (Å²) in [6, 6.07) is 3.17. The molecule has 0 saturated carbocycles. The van der Waals surface area contributed by atoms with Gasteiger partial charge in [-0.25, -0.2) is 0 Å². The molecule has 0 aliphatic carbocycles. The lowest BCUT2D eigenvalue weighted by Crippen LogP contribution is -2.55. The zero-order valence-corrected chi connectivity index (χ0v) is 13.2. The maximum absolute atomic E-state index is 10.3. The molecule has 1 aliphatic rings. The summed E-state index contributed by atoms with van der Waals surface area (Å²) in [5.74, 6) is 1.13. The summed E-state index contributed by atoms with van der Waals surface area (Å²) < 4.78 is 21.3. The minimum Gasteiger partial charge on any atom is -0.496 e. The highest BCUT2D eigenvalue weighted by Crippen LogP contribution is 2.44. The van der Waals surface area contributed by atoms with Crippen LogP contribution in [-0.2, 0) is 4.74 Å². The van der Waals surface area contributed by atoms with Crippen LogP contribution in [0.2, 0.25) is 0 Å². The molecule has 1 aromatic rings. The fourth-order valence-corrected chi connectivity index (χ4v) is 2.65. The average molecular weight is 330 g/mol. The molecule has 1 heterocycles. The minimum atomic E-state index is -1.48. The van der Waals surface area contributed by atoms with E-state index >= 15 is 0 Å². The molecule has 0 unspecified atom stereocenters. The third kappa shape index (κ3) is 3.22. The standard InChI is InChI=1S/C15H22O8/c1-20-7-4-8(21-2)11(9(5-7)22-3)15-14(19)13(18)12(17)10(6-16)23-15/h4-5,10,12-19H,6H2,1-3H3/t10-,12-,13+,14-,15+/m1/s1. The van der Waals surface area contributed by atoms with Gasteiger partial charge in [0.05, 0.1) is 33.5 Å². The Bertz CT molecular complexity index is 507. The number of rotatable bonds is 5. The second-order valence-corrected chi connectivity index (χ2v) is 5.20. The average Bonchev–Trinajstić information content (AvgIpc) is 2.59. The molecular formula is C15H22O8. The second-order valence-electron chi connectivity index (χ2n) is 5.20. The Kier molecular flexibility index (Phi) is 5.66. The van der Waals surface area contributed by atoms with Crippen molar-refractivity contribution in [1.29, 1.82) is 0 Å². The van der Waals surface area contributed by atoms with Crippen molar-refractivity contribution in [2.45, 2.75) is 30.5 Å². The molecule has 0 amide bonds. The van der Waals surface area contributed by atoms with E-state index in [1.807, 2.05) is 0 Å². The van der Waals surface area contributed by atoms with E-state index in [4.69, 9.17) is 18.9 Å². The molecule has 2 rings (SSSR count). The highest BCUT2D eigenvalue weighted by atomic mass is 16.5. The molecule has 8 nitrogen and oxygen atoms in total. The molecule has 23 heavy (non-hydrogen) atoms. The van der Waals surface area contributed by atoms with Crippen LogP contribution in [-0.4, -0.2) is 72.8 Å². The van der Waals surface area contributed by atoms with E-state index in [1.54, 1.807) is 12.1 Å². The molecule has 1 fully saturated rings. The summed E-state index contributed by atoms with van der Waals surface area (Å²) in [6.07, 6.45) is -6.41. The van der Waals surface area contributed by atoms with Crippen LogP contribution in [0, 0.1) is 0 Å². The maximum atomic E-state index is 10.3. The van der Waals surface area contributed by atoms with Crippen LogP contribution in [0.4, 0.5) is 0 Å². The van der Waals surface area contributed by atoms with Gasteiger partial charge in [0.25, 0.3) is 0 Å². The van der Waals surface area contributed by atoms with E-state index in [0.717, 1.165) is 0 Å². The van der Waals surface area contributed by atoms with Gasteiger partial charge < -0.3 is 39.4 Å². The van der Waals surface area contributed by atoms with Gasteiger partial charge in [0.2, 0.25) is 0 Å². The first-order chi connectivity index (χ1) is 11.0. The van der Waals surface area contributed by atoms with Gasteiger partial charge in [0.15, 0.2) is 0 Å². The maximum Gasteiger partial charge on any atom is 0.132 e. The lowest BCUT2D eigenvalue weighted by molar-refractivity contribution is -0.232. The Morgan fingerprint density at radius 1 is 0.913 bits per heavy atom. The van der Waals surface area contributed by atoms with Crippen LogP contribution in [0.1, 0.15) is 11.7 Å². The molecule has 0 bridgehead atoms. The molecule has 5 atom stereocenters. The first-order valence-corrected chi connectivity index (χ1v) is 7.08. The van der Waals surface area contributed by atoms with E-state index in [9.17, 15) is 20.4 Å². The Hall–Kier alpha value is -1.58. The van der Waals surface area contributed by atoms with Gasteiger partial charge >= 0.3 is 0 Å². The van der Waals surface area contributed by atoms with Crippen molar-refractivity contribution in [2.24, 2.45) is 0 Å². The van der Waals surface area contributed by atoms with Crippen molar-refractivity contribution in [3.63, 3.8) is 0 Å². The van der Waals surface area contributed by atoms with Gasteiger partial charge in [0.1, 0.15) is 47.8 Å². The van der Waals surface area contributed by atoms with E-state index in [1.165, 1.54) is 21.3 Å². The van der Waals surface area contributed by atoms with Gasteiger partial charge in [-0.15, -0.1) is 0 Å². The molecule has 130 valence electrons. The lowest BCUT2D eigenvalue weighted by atomic mass is 9.90.